The second-order valence-corrected chi connectivity index (χ2v) is 4.52. The summed E-state index contributed by atoms with van der Waals surface area (Å²) in [6.45, 7) is 2.24. The van der Waals surface area contributed by atoms with Gasteiger partial charge in [0.15, 0.2) is 11.5 Å². The van der Waals surface area contributed by atoms with E-state index in [-0.39, 0.29) is 0 Å². The number of fused-ring (bicyclic) bond motifs is 1. The van der Waals surface area contributed by atoms with Gasteiger partial charge < -0.3 is 14.8 Å². The lowest BCUT2D eigenvalue weighted by Gasteiger charge is -2.22. The molecule has 0 bridgehead atoms. The number of hydrogen-bond acceptors (Lipinski definition) is 3. The van der Waals surface area contributed by atoms with Crippen molar-refractivity contribution in [1.82, 2.24) is 5.32 Å². The average molecular weight is 240 g/mol. The van der Waals surface area contributed by atoms with E-state index in [1.807, 2.05) is 12.1 Å². The summed E-state index contributed by atoms with van der Waals surface area (Å²) in [6, 6.07) is 4.36. The van der Waals surface area contributed by atoms with E-state index in [1.54, 1.807) is 0 Å². The van der Waals surface area contributed by atoms with Crippen LogP contribution in [-0.4, -0.2) is 19.8 Å². The van der Waals surface area contributed by atoms with Gasteiger partial charge in [-0.15, -0.1) is 0 Å². The average Bonchev–Trinajstić information content (AvgIpc) is 2.83. The molecule has 2 heterocycles. The van der Waals surface area contributed by atoms with Gasteiger partial charge in [-0.05, 0) is 31.0 Å². The van der Waals surface area contributed by atoms with Crippen LogP contribution in [0.1, 0.15) is 24.4 Å². The minimum Gasteiger partial charge on any atom is -0.486 e. The Kier molecular flexibility index (Phi) is 2.65. The summed E-state index contributed by atoms with van der Waals surface area (Å²) in [5, 5.41) is 4.14. The number of rotatable bonds is 1. The van der Waals surface area contributed by atoms with E-state index in [2.05, 4.69) is 5.32 Å². The van der Waals surface area contributed by atoms with Gasteiger partial charge in [-0.25, -0.2) is 0 Å². The van der Waals surface area contributed by atoms with Gasteiger partial charge >= 0.3 is 0 Å². The predicted octanol–water partition coefficient (Wildman–Crippen LogP) is 2.54. The molecule has 1 N–H and O–H groups in total. The van der Waals surface area contributed by atoms with E-state index < -0.39 is 0 Å². The van der Waals surface area contributed by atoms with Crippen molar-refractivity contribution in [3.8, 4) is 11.5 Å². The lowest BCUT2D eigenvalue weighted by molar-refractivity contribution is 0.171. The van der Waals surface area contributed by atoms with Crippen LogP contribution in [0.4, 0.5) is 0 Å². The Bertz CT molecular complexity index is 402. The third kappa shape index (κ3) is 1.64. The molecular weight excluding hydrogens is 226 g/mol. The van der Waals surface area contributed by atoms with Gasteiger partial charge in [-0.3, -0.25) is 0 Å². The first-order valence-electron chi connectivity index (χ1n) is 5.67. The predicted molar refractivity (Wildman–Crippen MR) is 62.4 cm³/mol. The molecule has 0 saturated carbocycles. The number of ether oxygens (including phenoxy) is 2. The first-order valence-corrected chi connectivity index (χ1v) is 6.05. The van der Waals surface area contributed by atoms with Gasteiger partial charge in [0.05, 0.1) is 5.02 Å². The van der Waals surface area contributed by atoms with E-state index in [0.29, 0.717) is 30.0 Å². The van der Waals surface area contributed by atoms with Crippen molar-refractivity contribution in [3.63, 3.8) is 0 Å². The van der Waals surface area contributed by atoms with Gasteiger partial charge in [-0.1, -0.05) is 17.7 Å². The van der Waals surface area contributed by atoms with Crippen LogP contribution < -0.4 is 14.8 Å². The van der Waals surface area contributed by atoms with Crippen LogP contribution in [0.2, 0.25) is 5.02 Å². The second kappa shape index (κ2) is 4.15. The zero-order valence-electron chi connectivity index (χ0n) is 8.96. The molecule has 1 atom stereocenters. The van der Waals surface area contributed by atoms with Gasteiger partial charge in [-0.2, -0.15) is 0 Å². The molecule has 0 amide bonds. The number of halogens is 1. The molecule has 2 aliphatic rings. The molecule has 1 aromatic carbocycles. The molecule has 1 aromatic rings. The maximum absolute atomic E-state index is 6.36. The van der Waals surface area contributed by atoms with E-state index in [0.717, 1.165) is 24.3 Å². The molecule has 0 aliphatic carbocycles. The molecule has 4 heteroatoms. The van der Waals surface area contributed by atoms with Gasteiger partial charge in [0.1, 0.15) is 13.2 Å². The fourth-order valence-corrected chi connectivity index (χ4v) is 2.66. The van der Waals surface area contributed by atoms with E-state index in [9.17, 15) is 0 Å². The van der Waals surface area contributed by atoms with Gasteiger partial charge in [0.2, 0.25) is 0 Å². The van der Waals surface area contributed by atoms with Crippen molar-refractivity contribution >= 4 is 11.6 Å². The highest BCUT2D eigenvalue weighted by molar-refractivity contribution is 6.33. The smallest absolute Gasteiger partial charge is 0.180 e. The first kappa shape index (κ1) is 10.2. The molecule has 3 rings (SSSR count). The molecule has 1 unspecified atom stereocenters. The molecule has 86 valence electrons. The Balaban J connectivity index is 1.99. The summed E-state index contributed by atoms with van der Waals surface area (Å²) >= 11 is 6.36. The van der Waals surface area contributed by atoms with Crippen LogP contribution >= 0.6 is 11.6 Å². The summed E-state index contributed by atoms with van der Waals surface area (Å²) < 4.78 is 11.1. The topological polar surface area (TPSA) is 30.5 Å². The minimum atomic E-state index is 0.364. The highest BCUT2D eigenvalue weighted by Crippen LogP contribution is 2.42. The molecule has 0 radical (unpaired) electrons. The first-order chi connectivity index (χ1) is 7.86. The van der Waals surface area contributed by atoms with Crippen molar-refractivity contribution in [2.45, 2.75) is 18.9 Å². The number of hydrogen-bond donors (Lipinski definition) is 1. The van der Waals surface area contributed by atoms with Crippen molar-refractivity contribution in [2.24, 2.45) is 0 Å². The Morgan fingerprint density at radius 1 is 1.25 bits per heavy atom. The summed E-state index contributed by atoms with van der Waals surface area (Å²) in [4.78, 5) is 0. The third-order valence-corrected chi connectivity index (χ3v) is 3.50. The van der Waals surface area contributed by atoms with Crippen molar-refractivity contribution in [2.75, 3.05) is 19.8 Å². The second-order valence-electron chi connectivity index (χ2n) is 4.14. The molecule has 1 fully saturated rings. The third-order valence-electron chi connectivity index (χ3n) is 3.11. The fourth-order valence-electron chi connectivity index (χ4n) is 2.32. The molecule has 2 aliphatic heterocycles. The molecular formula is C12H14ClNO2. The van der Waals surface area contributed by atoms with Crippen molar-refractivity contribution in [3.05, 3.63) is 22.7 Å². The SMILES string of the molecule is Clc1c(C2CCCN2)ccc2c1OCCO2. The maximum Gasteiger partial charge on any atom is 0.180 e. The van der Waals surface area contributed by atoms with Crippen LogP contribution in [0.15, 0.2) is 12.1 Å². The zero-order valence-corrected chi connectivity index (χ0v) is 9.72. The van der Waals surface area contributed by atoms with Crippen LogP contribution in [0.25, 0.3) is 0 Å². The largest absolute Gasteiger partial charge is 0.486 e. The van der Waals surface area contributed by atoms with E-state index >= 15 is 0 Å². The normalized spacial score (nSPS) is 23.4. The molecule has 0 spiro atoms. The quantitative estimate of drug-likeness (QED) is 0.817. The Morgan fingerprint density at radius 2 is 2.12 bits per heavy atom. The lowest BCUT2D eigenvalue weighted by atomic mass is 10.0. The number of nitrogens with one attached hydrogen (secondary N) is 1. The highest BCUT2D eigenvalue weighted by atomic mass is 35.5. The summed E-state index contributed by atoms with van der Waals surface area (Å²) in [6.07, 6.45) is 2.34. The molecule has 3 nitrogen and oxygen atoms in total. The van der Waals surface area contributed by atoms with Gasteiger partial charge in [0.25, 0.3) is 0 Å². The summed E-state index contributed by atoms with van der Waals surface area (Å²) in [5.41, 5.74) is 1.13. The maximum atomic E-state index is 6.36. The minimum absolute atomic E-state index is 0.364. The molecule has 0 aromatic heterocycles. The molecule has 16 heavy (non-hydrogen) atoms. The fraction of sp³-hybridized carbons (Fsp3) is 0.500. The summed E-state index contributed by atoms with van der Waals surface area (Å²) in [7, 11) is 0. The van der Waals surface area contributed by atoms with Crippen molar-refractivity contribution in [1.29, 1.82) is 0 Å². The van der Waals surface area contributed by atoms with Gasteiger partial charge in [0, 0.05) is 6.04 Å². The van der Waals surface area contributed by atoms with Crippen LogP contribution in [0.5, 0.6) is 11.5 Å². The van der Waals surface area contributed by atoms with Crippen LogP contribution in [0, 0.1) is 0 Å². The van der Waals surface area contributed by atoms with Crippen LogP contribution in [-0.2, 0) is 0 Å². The van der Waals surface area contributed by atoms with Crippen LogP contribution in [0.3, 0.4) is 0 Å². The monoisotopic (exact) mass is 239 g/mol. The lowest BCUT2D eigenvalue weighted by Crippen LogP contribution is -2.18. The number of benzene rings is 1. The molecule has 1 saturated heterocycles. The Morgan fingerprint density at radius 3 is 2.94 bits per heavy atom. The Hall–Kier alpha value is -0.930. The standard InChI is InChI=1S/C12H14ClNO2/c13-11-8(9-2-1-5-14-9)3-4-10-12(11)16-7-6-15-10/h3-4,9,14H,1-2,5-7H2. The Labute approximate surface area is 99.7 Å². The summed E-state index contributed by atoms with van der Waals surface area (Å²) in [5.74, 6) is 1.47. The highest BCUT2D eigenvalue weighted by Gasteiger charge is 2.24. The van der Waals surface area contributed by atoms with Crippen molar-refractivity contribution < 1.29 is 9.47 Å². The van der Waals surface area contributed by atoms with E-state index in [4.69, 9.17) is 21.1 Å². The zero-order chi connectivity index (χ0) is 11.0. The van der Waals surface area contributed by atoms with E-state index in [1.165, 1.54) is 6.42 Å².